The molecule has 27 heavy (non-hydrogen) atoms. The van der Waals surface area contributed by atoms with Crippen LogP contribution in [0.25, 0.3) is 0 Å². The Kier molecular flexibility index (Phi) is 7.16. The number of amides is 2. The van der Waals surface area contributed by atoms with Gasteiger partial charge >= 0.3 is 0 Å². The van der Waals surface area contributed by atoms with Crippen molar-refractivity contribution in [3.8, 4) is 11.5 Å². The van der Waals surface area contributed by atoms with Crippen molar-refractivity contribution in [2.45, 2.75) is 19.9 Å². The summed E-state index contributed by atoms with van der Waals surface area (Å²) in [5, 5.41) is 5.26. The van der Waals surface area contributed by atoms with Crippen LogP contribution in [0.3, 0.4) is 0 Å². The van der Waals surface area contributed by atoms with Crippen LogP contribution < -0.4 is 20.1 Å². The molecule has 0 radical (unpaired) electrons. The Morgan fingerprint density at radius 1 is 1.15 bits per heavy atom. The lowest BCUT2D eigenvalue weighted by atomic mass is 10.1. The van der Waals surface area contributed by atoms with E-state index in [0.717, 1.165) is 0 Å². The number of carbonyl (C=O) groups excluding carboxylic acids is 2. The molecule has 2 rings (SSSR count). The molecule has 0 saturated heterocycles. The van der Waals surface area contributed by atoms with E-state index in [-0.39, 0.29) is 24.1 Å². The summed E-state index contributed by atoms with van der Waals surface area (Å²) in [5.41, 5.74) is 1.02. The molecular formula is C20H23FN2O4. The molecule has 6 nitrogen and oxygen atoms in total. The van der Waals surface area contributed by atoms with Gasteiger partial charge < -0.3 is 20.1 Å². The fourth-order valence-electron chi connectivity index (χ4n) is 2.46. The maximum atomic E-state index is 13.8. The van der Waals surface area contributed by atoms with Gasteiger partial charge in [-0.25, -0.2) is 4.39 Å². The predicted molar refractivity (Wildman–Crippen MR) is 99.5 cm³/mol. The second-order valence-electron chi connectivity index (χ2n) is 5.82. The molecule has 0 saturated carbocycles. The average Bonchev–Trinajstić information content (AvgIpc) is 2.66. The van der Waals surface area contributed by atoms with Crippen molar-refractivity contribution in [1.29, 1.82) is 0 Å². The van der Waals surface area contributed by atoms with Gasteiger partial charge in [0.2, 0.25) is 5.91 Å². The van der Waals surface area contributed by atoms with Crippen molar-refractivity contribution in [3.63, 3.8) is 0 Å². The second-order valence-corrected chi connectivity index (χ2v) is 5.82. The summed E-state index contributed by atoms with van der Waals surface area (Å²) in [6, 6.07) is 10.7. The van der Waals surface area contributed by atoms with E-state index in [1.165, 1.54) is 19.2 Å². The molecule has 0 fully saturated rings. The van der Waals surface area contributed by atoms with Crippen LogP contribution in [-0.4, -0.2) is 32.1 Å². The molecule has 2 amide bonds. The summed E-state index contributed by atoms with van der Waals surface area (Å²) in [5.74, 6) is -0.429. The number of carbonyl (C=O) groups is 2. The maximum Gasteiger partial charge on any atom is 0.251 e. The van der Waals surface area contributed by atoms with Crippen LogP contribution in [-0.2, 0) is 4.79 Å². The van der Waals surface area contributed by atoms with Gasteiger partial charge in [-0.2, -0.15) is 0 Å². The summed E-state index contributed by atoms with van der Waals surface area (Å²) in [6.45, 7) is 3.96. The molecule has 0 bridgehead atoms. The average molecular weight is 374 g/mol. The zero-order valence-electron chi connectivity index (χ0n) is 15.5. The summed E-state index contributed by atoms with van der Waals surface area (Å²) in [6.07, 6.45) is 0. The number of benzene rings is 2. The van der Waals surface area contributed by atoms with Crippen molar-refractivity contribution in [1.82, 2.24) is 10.6 Å². The van der Waals surface area contributed by atoms with Gasteiger partial charge in [-0.1, -0.05) is 6.07 Å². The molecule has 0 aliphatic carbocycles. The van der Waals surface area contributed by atoms with Crippen molar-refractivity contribution >= 4 is 11.8 Å². The first kappa shape index (κ1) is 20.2. The van der Waals surface area contributed by atoms with Crippen molar-refractivity contribution in [2.24, 2.45) is 0 Å². The normalized spacial score (nSPS) is 11.4. The highest BCUT2D eigenvalue weighted by atomic mass is 19.1. The molecule has 7 heteroatoms. The van der Waals surface area contributed by atoms with Crippen LogP contribution in [0.1, 0.15) is 35.8 Å². The topological polar surface area (TPSA) is 76.7 Å². The van der Waals surface area contributed by atoms with Gasteiger partial charge in [0, 0.05) is 5.56 Å². The Morgan fingerprint density at radius 3 is 2.44 bits per heavy atom. The van der Waals surface area contributed by atoms with Crippen LogP contribution in [0.15, 0.2) is 42.5 Å². The van der Waals surface area contributed by atoms with Crippen LogP contribution in [0.2, 0.25) is 0 Å². The van der Waals surface area contributed by atoms with Crippen molar-refractivity contribution < 1.29 is 23.5 Å². The largest absolute Gasteiger partial charge is 0.494 e. The van der Waals surface area contributed by atoms with E-state index in [0.29, 0.717) is 23.5 Å². The van der Waals surface area contributed by atoms with E-state index < -0.39 is 11.9 Å². The summed E-state index contributed by atoms with van der Waals surface area (Å²) >= 11 is 0. The second kappa shape index (κ2) is 9.56. The molecule has 2 N–H and O–H groups in total. The highest BCUT2D eigenvalue weighted by Gasteiger charge is 2.13. The van der Waals surface area contributed by atoms with Gasteiger partial charge in [0.25, 0.3) is 5.91 Å². The van der Waals surface area contributed by atoms with E-state index in [4.69, 9.17) is 9.47 Å². The summed E-state index contributed by atoms with van der Waals surface area (Å²) < 4.78 is 24.0. The van der Waals surface area contributed by atoms with Gasteiger partial charge in [-0.15, -0.1) is 0 Å². The summed E-state index contributed by atoms with van der Waals surface area (Å²) in [7, 11) is 1.39. The standard InChI is InChI=1S/C20H23FN2O4/c1-4-27-16-8-5-14(6-9-16)20(25)22-12-19(24)23-13(2)15-7-10-18(26-3)17(21)11-15/h5-11,13H,4,12H2,1-3H3,(H,22,25)(H,23,24)/t13-/m1/s1. The molecule has 0 aliphatic rings. The number of ether oxygens (including phenoxy) is 2. The smallest absolute Gasteiger partial charge is 0.251 e. The molecule has 0 heterocycles. The van der Waals surface area contributed by atoms with Gasteiger partial charge in [-0.3, -0.25) is 9.59 Å². The lowest BCUT2D eigenvalue weighted by molar-refractivity contribution is -0.120. The van der Waals surface area contributed by atoms with Crippen LogP contribution in [0.5, 0.6) is 11.5 Å². The number of hydrogen-bond donors (Lipinski definition) is 2. The Hall–Kier alpha value is -3.09. The zero-order chi connectivity index (χ0) is 19.8. The number of methoxy groups -OCH3 is 1. The number of hydrogen-bond acceptors (Lipinski definition) is 4. The quantitative estimate of drug-likeness (QED) is 0.745. The van der Waals surface area contributed by atoms with Gasteiger partial charge in [-0.05, 0) is 55.8 Å². The predicted octanol–water partition coefficient (Wildman–Crippen LogP) is 2.84. The van der Waals surface area contributed by atoms with Crippen molar-refractivity contribution in [3.05, 3.63) is 59.4 Å². The van der Waals surface area contributed by atoms with E-state index in [9.17, 15) is 14.0 Å². The first-order valence-corrected chi connectivity index (χ1v) is 8.58. The fourth-order valence-corrected chi connectivity index (χ4v) is 2.46. The molecule has 0 spiro atoms. The highest BCUT2D eigenvalue weighted by Crippen LogP contribution is 2.21. The highest BCUT2D eigenvalue weighted by molar-refractivity contribution is 5.96. The molecule has 0 aromatic heterocycles. The molecule has 1 atom stereocenters. The Labute approximate surface area is 157 Å². The lowest BCUT2D eigenvalue weighted by Gasteiger charge is -2.15. The molecule has 0 unspecified atom stereocenters. The fraction of sp³-hybridized carbons (Fsp3) is 0.300. The van der Waals surface area contributed by atoms with Crippen LogP contribution in [0.4, 0.5) is 4.39 Å². The first-order valence-electron chi connectivity index (χ1n) is 8.58. The lowest BCUT2D eigenvalue weighted by Crippen LogP contribution is -2.38. The van der Waals surface area contributed by atoms with E-state index >= 15 is 0 Å². The Balaban J connectivity index is 1.86. The van der Waals surface area contributed by atoms with E-state index in [2.05, 4.69) is 10.6 Å². The third-order valence-electron chi connectivity index (χ3n) is 3.89. The van der Waals surface area contributed by atoms with Gasteiger partial charge in [0.15, 0.2) is 11.6 Å². The third kappa shape index (κ3) is 5.70. The zero-order valence-corrected chi connectivity index (χ0v) is 15.5. The Bertz CT molecular complexity index is 793. The minimum atomic E-state index is -0.500. The Morgan fingerprint density at radius 2 is 1.85 bits per heavy atom. The van der Waals surface area contributed by atoms with Crippen LogP contribution in [0, 0.1) is 5.82 Å². The molecule has 144 valence electrons. The number of nitrogens with one attached hydrogen (secondary N) is 2. The minimum Gasteiger partial charge on any atom is -0.494 e. The molecule has 2 aromatic rings. The molecule has 0 aliphatic heterocycles. The maximum absolute atomic E-state index is 13.8. The number of halogens is 1. The minimum absolute atomic E-state index is 0.139. The third-order valence-corrected chi connectivity index (χ3v) is 3.89. The first-order chi connectivity index (χ1) is 12.9. The van der Waals surface area contributed by atoms with Crippen molar-refractivity contribution in [2.75, 3.05) is 20.3 Å². The van der Waals surface area contributed by atoms with Crippen LogP contribution >= 0.6 is 0 Å². The van der Waals surface area contributed by atoms with Gasteiger partial charge in [0.05, 0.1) is 26.3 Å². The SMILES string of the molecule is CCOc1ccc(C(=O)NCC(=O)N[C@H](C)c2ccc(OC)c(F)c2)cc1. The summed E-state index contributed by atoms with van der Waals surface area (Å²) in [4.78, 5) is 24.1. The number of rotatable bonds is 8. The molecule has 2 aromatic carbocycles. The van der Waals surface area contributed by atoms with Gasteiger partial charge in [0.1, 0.15) is 5.75 Å². The molecular weight excluding hydrogens is 351 g/mol. The van der Waals surface area contributed by atoms with E-state index in [1.54, 1.807) is 37.3 Å². The monoisotopic (exact) mass is 374 g/mol. The van der Waals surface area contributed by atoms with E-state index in [1.807, 2.05) is 6.92 Å².